The van der Waals surface area contributed by atoms with Crippen LogP contribution in [0.3, 0.4) is 0 Å². The van der Waals surface area contributed by atoms with Gasteiger partial charge in [0.05, 0.1) is 30.7 Å². The van der Waals surface area contributed by atoms with Gasteiger partial charge in [-0.25, -0.2) is 8.78 Å². The van der Waals surface area contributed by atoms with Gasteiger partial charge >= 0.3 is 0 Å². The van der Waals surface area contributed by atoms with E-state index in [-0.39, 0.29) is 18.4 Å². The standard InChI is InChI=1S/C13H18F2N2O2/c14-9-7-11(15)13(16)12(8-9)17-3-1-10(2-4-17)19-6-5-18/h7-8,10,18H,1-6,16H2. The Morgan fingerprint density at radius 1 is 1.32 bits per heavy atom. The number of aliphatic hydroxyl groups excluding tert-OH is 1. The Bertz CT molecular complexity index is 435. The average molecular weight is 272 g/mol. The summed E-state index contributed by atoms with van der Waals surface area (Å²) in [7, 11) is 0. The lowest BCUT2D eigenvalue weighted by Crippen LogP contribution is -2.37. The maximum atomic E-state index is 13.4. The molecule has 1 aromatic rings. The minimum Gasteiger partial charge on any atom is -0.395 e. The maximum Gasteiger partial charge on any atom is 0.151 e. The molecule has 4 nitrogen and oxygen atoms in total. The monoisotopic (exact) mass is 272 g/mol. The molecule has 0 aromatic heterocycles. The van der Waals surface area contributed by atoms with Gasteiger partial charge in [0.25, 0.3) is 0 Å². The molecule has 0 saturated carbocycles. The van der Waals surface area contributed by atoms with Crippen LogP contribution in [0, 0.1) is 11.6 Å². The number of piperidine rings is 1. The fourth-order valence-corrected chi connectivity index (χ4v) is 2.32. The van der Waals surface area contributed by atoms with Crippen LogP contribution in [-0.2, 0) is 4.74 Å². The highest BCUT2D eigenvalue weighted by atomic mass is 19.1. The van der Waals surface area contributed by atoms with Gasteiger partial charge in [-0.3, -0.25) is 0 Å². The highest BCUT2D eigenvalue weighted by Gasteiger charge is 2.22. The fourth-order valence-electron chi connectivity index (χ4n) is 2.32. The van der Waals surface area contributed by atoms with Gasteiger partial charge in [-0.05, 0) is 18.9 Å². The SMILES string of the molecule is Nc1c(F)cc(F)cc1N1CCC(OCCO)CC1. The number of aliphatic hydroxyl groups is 1. The molecule has 1 saturated heterocycles. The van der Waals surface area contributed by atoms with E-state index in [1.807, 2.05) is 4.90 Å². The number of hydrogen-bond donors (Lipinski definition) is 2. The van der Waals surface area contributed by atoms with Crippen molar-refractivity contribution in [2.75, 3.05) is 36.9 Å². The van der Waals surface area contributed by atoms with Gasteiger partial charge in [0, 0.05) is 19.2 Å². The second kappa shape index (κ2) is 6.16. The van der Waals surface area contributed by atoms with E-state index in [0.717, 1.165) is 18.9 Å². The fraction of sp³-hybridized carbons (Fsp3) is 0.538. The Balaban J connectivity index is 2.01. The Morgan fingerprint density at radius 2 is 2.00 bits per heavy atom. The summed E-state index contributed by atoms with van der Waals surface area (Å²) < 4.78 is 32.1. The first-order valence-electron chi connectivity index (χ1n) is 6.33. The molecule has 3 N–H and O–H groups in total. The number of nitrogens with two attached hydrogens (primary N) is 1. The van der Waals surface area contributed by atoms with E-state index in [1.165, 1.54) is 6.07 Å². The summed E-state index contributed by atoms with van der Waals surface area (Å²) in [5.74, 6) is -1.35. The van der Waals surface area contributed by atoms with Crippen LogP contribution in [0.2, 0.25) is 0 Å². The number of nitrogens with zero attached hydrogens (tertiary/aromatic N) is 1. The van der Waals surface area contributed by atoms with Crippen molar-refractivity contribution in [3.63, 3.8) is 0 Å². The van der Waals surface area contributed by atoms with Crippen molar-refractivity contribution in [1.29, 1.82) is 0 Å². The van der Waals surface area contributed by atoms with Crippen molar-refractivity contribution in [1.82, 2.24) is 0 Å². The zero-order valence-electron chi connectivity index (χ0n) is 10.6. The summed E-state index contributed by atoms with van der Waals surface area (Å²) in [5.41, 5.74) is 6.03. The normalized spacial score (nSPS) is 16.9. The third kappa shape index (κ3) is 3.33. The second-order valence-electron chi connectivity index (χ2n) is 4.60. The molecule has 0 bridgehead atoms. The summed E-state index contributed by atoms with van der Waals surface area (Å²) in [6, 6.07) is 2.04. The van der Waals surface area contributed by atoms with Crippen molar-refractivity contribution in [3.8, 4) is 0 Å². The molecule has 0 amide bonds. The van der Waals surface area contributed by atoms with E-state index in [2.05, 4.69) is 0 Å². The first-order chi connectivity index (χ1) is 9.11. The molecule has 106 valence electrons. The molecule has 6 heteroatoms. The van der Waals surface area contributed by atoms with Gasteiger partial charge in [0.1, 0.15) is 5.82 Å². The molecule has 1 aliphatic heterocycles. The Kier molecular flexibility index (Phi) is 4.55. The molecule has 0 radical (unpaired) electrons. The highest BCUT2D eigenvalue weighted by Crippen LogP contribution is 2.30. The lowest BCUT2D eigenvalue weighted by Gasteiger charge is -2.34. The Hall–Kier alpha value is -1.40. The lowest BCUT2D eigenvalue weighted by atomic mass is 10.1. The van der Waals surface area contributed by atoms with E-state index in [9.17, 15) is 8.78 Å². The van der Waals surface area contributed by atoms with Gasteiger partial charge < -0.3 is 20.5 Å². The van der Waals surface area contributed by atoms with E-state index in [1.54, 1.807) is 0 Å². The summed E-state index contributed by atoms with van der Waals surface area (Å²) in [5, 5.41) is 8.69. The molecule has 2 rings (SSSR count). The molecule has 1 aliphatic rings. The average Bonchev–Trinajstić information content (AvgIpc) is 2.41. The maximum absolute atomic E-state index is 13.4. The van der Waals surface area contributed by atoms with Crippen molar-refractivity contribution in [2.24, 2.45) is 0 Å². The minimum atomic E-state index is -0.728. The quantitative estimate of drug-likeness (QED) is 0.816. The van der Waals surface area contributed by atoms with Gasteiger partial charge in [-0.1, -0.05) is 0 Å². The van der Waals surface area contributed by atoms with Crippen LogP contribution in [0.1, 0.15) is 12.8 Å². The Labute approximate surface area is 110 Å². The second-order valence-corrected chi connectivity index (χ2v) is 4.60. The summed E-state index contributed by atoms with van der Waals surface area (Å²) >= 11 is 0. The molecule has 1 aromatic carbocycles. The van der Waals surface area contributed by atoms with Crippen molar-refractivity contribution < 1.29 is 18.6 Å². The topological polar surface area (TPSA) is 58.7 Å². The molecule has 0 aliphatic carbocycles. The number of rotatable bonds is 4. The number of nitrogen functional groups attached to an aromatic ring is 1. The third-order valence-electron chi connectivity index (χ3n) is 3.30. The number of hydrogen-bond acceptors (Lipinski definition) is 4. The first-order valence-corrected chi connectivity index (χ1v) is 6.33. The summed E-state index contributed by atoms with van der Waals surface area (Å²) in [6.45, 7) is 1.58. The molecule has 1 heterocycles. The predicted octanol–water partition coefficient (Wildman–Crippen LogP) is 1.52. The van der Waals surface area contributed by atoms with Crippen molar-refractivity contribution in [2.45, 2.75) is 18.9 Å². The molecule has 1 fully saturated rings. The van der Waals surface area contributed by atoms with E-state index >= 15 is 0 Å². The highest BCUT2D eigenvalue weighted by molar-refractivity contribution is 5.68. The van der Waals surface area contributed by atoms with Crippen LogP contribution >= 0.6 is 0 Å². The molecule has 0 unspecified atom stereocenters. The minimum absolute atomic E-state index is 0.00225. The van der Waals surface area contributed by atoms with Crippen LogP contribution in [0.5, 0.6) is 0 Å². The molecule has 0 atom stereocenters. The van der Waals surface area contributed by atoms with Crippen molar-refractivity contribution in [3.05, 3.63) is 23.8 Å². The molecule has 19 heavy (non-hydrogen) atoms. The molecule has 0 spiro atoms. The van der Waals surface area contributed by atoms with Gasteiger partial charge in [0.15, 0.2) is 5.82 Å². The number of halogens is 2. The number of benzene rings is 1. The third-order valence-corrected chi connectivity index (χ3v) is 3.30. The van der Waals surface area contributed by atoms with Crippen LogP contribution in [-0.4, -0.2) is 37.5 Å². The van der Waals surface area contributed by atoms with Crippen LogP contribution in [0.25, 0.3) is 0 Å². The number of ether oxygens (including phenoxy) is 1. The van der Waals surface area contributed by atoms with Crippen LogP contribution < -0.4 is 10.6 Å². The van der Waals surface area contributed by atoms with E-state index < -0.39 is 11.6 Å². The van der Waals surface area contributed by atoms with E-state index in [0.29, 0.717) is 25.4 Å². The molecular formula is C13H18F2N2O2. The van der Waals surface area contributed by atoms with Gasteiger partial charge in [-0.2, -0.15) is 0 Å². The van der Waals surface area contributed by atoms with E-state index in [4.69, 9.17) is 15.6 Å². The zero-order valence-corrected chi connectivity index (χ0v) is 10.6. The smallest absolute Gasteiger partial charge is 0.151 e. The lowest BCUT2D eigenvalue weighted by molar-refractivity contribution is 0.0159. The number of anilines is 2. The Morgan fingerprint density at radius 3 is 2.63 bits per heavy atom. The van der Waals surface area contributed by atoms with Gasteiger partial charge in [0.2, 0.25) is 0 Å². The summed E-state index contributed by atoms with van der Waals surface area (Å²) in [4.78, 5) is 1.86. The van der Waals surface area contributed by atoms with Crippen LogP contribution in [0.4, 0.5) is 20.2 Å². The summed E-state index contributed by atoms with van der Waals surface area (Å²) in [6.07, 6.45) is 1.58. The predicted molar refractivity (Wildman–Crippen MR) is 69.0 cm³/mol. The zero-order chi connectivity index (χ0) is 13.8. The van der Waals surface area contributed by atoms with Crippen LogP contribution in [0.15, 0.2) is 12.1 Å². The molecular weight excluding hydrogens is 254 g/mol. The van der Waals surface area contributed by atoms with Crippen molar-refractivity contribution >= 4 is 11.4 Å². The largest absolute Gasteiger partial charge is 0.395 e. The van der Waals surface area contributed by atoms with Gasteiger partial charge in [-0.15, -0.1) is 0 Å². The first kappa shape index (κ1) is 14.0.